The Balaban J connectivity index is 0.00000312. The fourth-order valence-electron chi connectivity index (χ4n) is 2.30. The van der Waals surface area contributed by atoms with Crippen molar-refractivity contribution < 1.29 is 9.72 Å². The molecule has 0 radical (unpaired) electrons. The van der Waals surface area contributed by atoms with E-state index < -0.39 is 21.9 Å². The van der Waals surface area contributed by atoms with Crippen LogP contribution < -0.4 is 16.6 Å². The maximum absolute atomic E-state index is 12.7. The van der Waals surface area contributed by atoms with E-state index in [1.54, 1.807) is 0 Å². The Morgan fingerprint density at radius 1 is 1.40 bits per heavy atom. The molecule has 1 heterocycles. The highest BCUT2D eigenvalue weighted by molar-refractivity contribution is 6.06. The molecule has 9 heteroatoms. The molecule has 1 unspecified atom stereocenters. The summed E-state index contributed by atoms with van der Waals surface area (Å²) >= 11 is 0. The fraction of sp³-hybridized carbons (Fsp3) is 0.375. The number of hydrogen-bond acceptors (Lipinski definition) is 5. The van der Waals surface area contributed by atoms with Crippen molar-refractivity contribution in [3.8, 4) is 0 Å². The molecule has 1 atom stereocenters. The maximum atomic E-state index is 12.7. The molecule has 2 rings (SSSR count). The van der Waals surface area contributed by atoms with Gasteiger partial charge in [0.2, 0.25) is 5.56 Å². The van der Waals surface area contributed by atoms with Gasteiger partial charge < -0.3 is 16.0 Å². The lowest BCUT2D eigenvalue weighted by Crippen LogP contribution is -2.55. The first kappa shape index (κ1) is 20.6. The molecule has 8 nitrogen and oxygen atoms in total. The van der Waals surface area contributed by atoms with Crippen LogP contribution in [0.3, 0.4) is 0 Å². The number of H-pyrrole nitrogens is 1. The van der Waals surface area contributed by atoms with Crippen molar-refractivity contribution >= 4 is 34.9 Å². The summed E-state index contributed by atoms with van der Waals surface area (Å²) in [6.45, 7) is 5.88. The van der Waals surface area contributed by atoms with E-state index in [2.05, 4.69) is 10.3 Å². The van der Waals surface area contributed by atoms with Crippen LogP contribution in [0.25, 0.3) is 10.9 Å². The van der Waals surface area contributed by atoms with Gasteiger partial charge in [0.1, 0.15) is 0 Å². The minimum absolute atomic E-state index is 0. The molecule has 136 valence electrons. The van der Waals surface area contributed by atoms with E-state index in [1.165, 1.54) is 18.2 Å². The molecule has 2 aromatic rings. The summed E-state index contributed by atoms with van der Waals surface area (Å²) in [4.78, 5) is 37.5. The lowest BCUT2D eigenvalue weighted by Gasteiger charge is -2.33. The molecule has 1 aromatic carbocycles. The topological polar surface area (TPSA) is 131 Å². The zero-order valence-electron chi connectivity index (χ0n) is 14.2. The number of carbonyl (C=O) groups excluding carboxylic acids is 1. The van der Waals surface area contributed by atoms with E-state index in [0.29, 0.717) is 10.9 Å². The van der Waals surface area contributed by atoms with Gasteiger partial charge in [0, 0.05) is 35.6 Å². The van der Waals surface area contributed by atoms with Crippen LogP contribution in [0.2, 0.25) is 0 Å². The number of benzene rings is 1. The third kappa shape index (κ3) is 4.15. The zero-order valence-corrected chi connectivity index (χ0v) is 15.0. The van der Waals surface area contributed by atoms with Crippen molar-refractivity contribution in [2.75, 3.05) is 6.54 Å². The Morgan fingerprint density at radius 2 is 2.04 bits per heavy atom. The van der Waals surface area contributed by atoms with Crippen LogP contribution in [0.5, 0.6) is 0 Å². The van der Waals surface area contributed by atoms with E-state index in [-0.39, 0.29) is 36.1 Å². The van der Waals surface area contributed by atoms with Gasteiger partial charge in [-0.3, -0.25) is 19.7 Å². The number of pyridine rings is 1. The molecule has 0 saturated heterocycles. The maximum Gasteiger partial charge on any atom is 0.270 e. The van der Waals surface area contributed by atoms with Gasteiger partial charge in [-0.15, -0.1) is 12.4 Å². The van der Waals surface area contributed by atoms with Gasteiger partial charge in [0.05, 0.1) is 16.0 Å². The highest BCUT2D eigenvalue weighted by Crippen LogP contribution is 2.23. The molecule has 0 saturated carbocycles. The Hall–Kier alpha value is -2.45. The molecule has 25 heavy (non-hydrogen) atoms. The van der Waals surface area contributed by atoms with Crippen LogP contribution in [-0.4, -0.2) is 27.9 Å². The van der Waals surface area contributed by atoms with Gasteiger partial charge >= 0.3 is 0 Å². The number of nitro groups is 1. The van der Waals surface area contributed by atoms with Crippen molar-refractivity contribution in [3.05, 3.63) is 50.3 Å². The predicted molar refractivity (Wildman–Crippen MR) is 98.2 cm³/mol. The molecule has 0 fully saturated rings. The Labute approximate surface area is 150 Å². The smallest absolute Gasteiger partial charge is 0.270 e. The number of fused-ring (bicyclic) bond motifs is 1. The Bertz CT molecular complexity index is 865. The van der Waals surface area contributed by atoms with Crippen LogP contribution in [0.15, 0.2) is 29.1 Å². The molecule has 4 N–H and O–H groups in total. The van der Waals surface area contributed by atoms with Crippen molar-refractivity contribution in [1.82, 2.24) is 10.3 Å². The number of aromatic amines is 1. The summed E-state index contributed by atoms with van der Waals surface area (Å²) in [6.07, 6.45) is 0. The second-order valence-corrected chi connectivity index (χ2v) is 6.26. The van der Waals surface area contributed by atoms with Gasteiger partial charge in [0.15, 0.2) is 0 Å². The van der Waals surface area contributed by atoms with Gasteiger partial charge in [-0.1, -0.05) is 13.8 Å². The SMILES string of the molecule is CC(C)C(C)(CN)NC(=O)c1cc(=O)[nH]c2ccc([N+](=O)[O-])cc12.Cl. The molecular weight excluding hydrogens is 348 g/mol. The molecule has 1 amide bonds. The van der Waals surface area contributed by atoms with E-state index in [9.17, 15) is 19.7 Å². The molecule has 0 spiro atoms. The first-order valence-electron chi connectivity index (χ1n) is 7.52. The van der Waals surface area contributed by atoms with Crippen LogP contribution in [0.1, 0.15) is 31.1 Å². The highest BCUT2D eigenvalue weighted by Gasteiger charge is 2.29. The van der Waals surface area contributed by atoms with E-state index in [1.807, 2.05) is 20.8 Å². The second kappa shape index (κ2) is 7.62. The lowest BCUT2D eigenvalue weighted by atomic mass is 9.88. The van der Waals surface area contributed by atoms with Crippen molar-refractivity contribution in [1.29, 1.82) is 0 Å². The number of nitrogens with zero attached hydrogens (tertiary/aromatic N) is 1. The number of rotatable bonds is 5. The third-order valence-electron chi connectivity index (χ3n) is 4.38. The largest absolute Gasteiger partial charge is 0.345 e. The number of nitro benzene ring substituents is 1. The summed E-state index contributed by atoms with van der Waals surface area (Å²) in [5, 5.41) is 14.1. The van der Waals surface area contributed by atoms with Gasteiger partial charge in [-0.2, -0.15) is 0 Å². The summed E-state index contributed by atoms with van der Waals surface area (Å²) in [7, 11) is 0. The van der Waals surface area contributed by atoms with E-state index >= 15 is 0 Å². The number of amides is 1. The van der Waals surface area contributed by atoms with Gasteiger partial charge in [-0.25, -0.2) is 0 Å². The zero-order chi connectivity index (χ0) is 18.1. The Kier molecular flexibility index (Phi) is 6.28. The summed E-state index contributed by atoms with van der Waals surface area (Å²) in [5.41, 5.74) is 4.93. The standard InChI is InChI=1S/C16H20N4O4.ClH/c1-9(2)16(3,8-17)19-15(22)12-7-14(21)18-13-5-4-10(20(23)24)6-11(12)13;/h4-7,9H,8,17H2,1-3H3,(H,18,21)(H,19,22);1H. The first-order valence-corrected chi connectivity index (χ1v) is 7.52. The quantitative estimate of drug-likeness (QED) is 0.548. The fourth-order valence-corrected chi connectivity index (χ4v) is 2.30. The van der Waals surface area contributed by atoms with Crippen molar-refractivity contribution in [3.63, 3.8) is 0 Å². The van der Waals surface area contributed by atoms with Crippen LogP contribution >= 0.6 is 12.4 Å². The molecule has 0 aliphatic rings. The average molecular weight is 369 g/mol. The monoisotopic (exact) mass is 368 g/mol. The number of hydrogen-bond donors (Lipinski definition) is 3. The van der Waals surface area contributed by atoms with Crippen molar-refractivity contribution in [2.24, 2.45) is 11.7 Å². The molecule has 0 bridgehead atoms. The first-order chi connectivity index (χ1) is 11.2. The second-order valence-electron chi connectivity index (χ2n) is 6.26. The number of halogens is 1. The predicted octanol–water partition coefficient (Wildman–Crippen LogP) is 1.96. The summed E-state index contributed by atoms with van der Waals surface area (Å²) < 4.78 is 0. The number of nitrogens with two attached hydrogens (primary N) is 1. The molecule has 0 aliphatic carbocycles. The number of carbonyl (C=O) groups is 1. The van der Waals surface area contributed by atoms with Gasteiger partial charge in [-0.05, 0) is 18.9 Å². The van der Waals surface area contributed by atoms with Crippen molar-refractivity contribution in [2.45, 2.75) is 26.3 Å². The highest BCUT2D eigenvalue weighted by atomic mass is 35.5. The molecular formula is C16H21ClN4O4. The van der Waals surface area contributed by atoms with Crippen LogP contribution in [0.4, 0.5) is 5.69 Å². The van der Waals surface area contributed by atoms with Crippen LogP contribution in [-0.2, 0) is 0 Å². The summed E-state index contributed by atoms with van der Waals surface area (Å²) in [6, 6.07) is 5.10. The normalized spacial score (nSPS) is 13.2. The van der Waals surface area contributed by atoms with Gasteiger partial charge in [0.25, 0.3) is 11.6 Å². The third-order valence-corrected chi connectivity index (χ3v) is 4.38. The molecule has 0 aliphatic heterocycles. The van der Waals surface area contributed by atoms with E-state index in [0.717, 1.165) is 6.07 Å². The number of non-ortho nitro benzene ring substituents is 1. The average Bonchev–Trinajstić information content (AvgIpc) is 2.52. The minimum atomic E-state index is -0.660. The number of nitrogens with one attached hydrogen (secondary N) is 2. The Morgan fingerprint density at radius 3 is 2.56 bits per heavy atom. The minimum Gasteiger partial charge on any atom is -0.345 e. The van der Waals surface area contributed by atoms with Crippen LogP contribution in [0, 0.1) is 16.0 Å². The summed E-state index contributed by atoms with van der Waals surface area (Å²) in [5.74, 6) is -0.428. The lowest BCUT2D eigenvalue weighted by molar-refractivity contribution is -0.384. The van der Waals surface area contributed by atoms with E-state index in [4.69, 9.17) is 5.73 Å². The molecule has 1 aromatic heterocycles. The number of aromatic nitrogens is 1.